The summed E-state index contributed by atoms with van der Waals surface area (Å²) in [7, 11) is -2.49. The molecule has 34 heavy (non-hydrogen) atoms. The quantitative estimate of drug-likeness (QED) is 0.423. The summed E-state index contributed by atoms with van der Waals surface area (Å²) in [5, 5.41) is 2.46. The van der Waals surface area contributed by atoms with Gasteiger partial charge in [0.25, 0.3) is 0 Å². The molecular weight excluding hydrogens is 450 g/mol. The summed E-state index contributed by atoms with van der Waals surface area (Å²) < 4.78 is 33.4. The number of hydrogen-bond donors (Lipinski definition) is 1. The number of amides is 1. The van der Waals surface area contributed by atoms with Crippen molar-refractivity contribution in [3.63, 3.8) is 0 Å². The average Bonchev–Trinajstić information content (AvgIpc) is 3.26. The second kappa shape index (κ2) is 9.52. The van der Waals surface area contributed by atoms with E-state index in [1.54, 1.807) is 43.6 Å². The summed E-state index contributed by atoms with van der Waals surface area (Å²) in [6.07, 6.45) is 1.66. The molecule has 1 aromatic heterocycles. The fourth-order valence-electron chi connectivity index (χ4n) is 3.53. The summed E-state index contributed by atoms with van der Waals surface area (Å²) in [5.74, 6) is -0.677. The number of ether oxygens (including phenoxy) is 1. The van der Waals surface area contributed by atoms with E-state index in [2.05, 4.69) is 10.3 Å². The number of nitrogens with one attached hydrogen (secondary N) is 1. The van der Waals surface area contributed by atoms with Crippen LogP contribution in [0.5, 0.6) is 5.75 Å². The van der Waals surface area contributed by atoms with Crippen LogP contribution in [-0.2, 0) is 14.6 Å². The van der Waals surface area contributed by atoms with Crippen molar-refractivity contribution in [2.24, 2.45) is 0 Å². The average molecular weight is 476 g/mol. The SMILES string of the molecule is COc1ccc(-c2cn(-c3ccc(C)cc3)c(S(=O)(=O)CC(=O)Nc3cccc(C)c3)n2)cc1. The van der Waals surface area contributed by atoms with Crippen LogP contribution in [0.1, 0.15) is 11.1 Å². The molecule has 174 valence electrons. The smallest absolute Gasteiger partial charge is 0.240 e. The van der Waals surface area contributed by atoms with Gasteiger partial charge in [0, 0.05) is 23.1 Å². The van der Waals surface area contributed by atoms with Crippen LogP contribution < -0.4 is 10.1 Å². The van der Waals surface area contributed by atoms with E-state index < -0.39 is 21.5 Å². The molecule has 3 aromatic carbocycles. The van der Waals surface area contributed by atoms with Gasteiger partial charge >= 0.3 is 0 Å². The number of imidazole rings is 1. The van der Waals surface area contributed by atoms with Crippen molar-refractivity contribution < 1.29 is 17.9 Å². The molecule has 4 aromatic rings. The molecule has 8 heteroatoms. The monoisotopic (exact) mass is 475 g/mol. The largest absolute Gasteiger partial charge is 0.497 e. The zero-order valence-electron chi connectivity index (χ0n) is 19.1. The van der Waals surface area contributed by atoms with Gasteiger partial charge in [-0.2, -0.15) is 0 Å². The number of aromatic nitrogens is 2. The van der Waals surface area contributed by atoms with Crippen LogP contribution in [0.15, 0.2) is 84.1 Å². The van der Waals surface area contributed by atoms with E-state index in [-0.39, 0.29) is 5.16 Å². The van der Waals surface area contributed by atoms with Gasteiger partial charge in [-0.3, -0.25) is 9.36 Å². The molecule has 0 saturated heterocycles. The Kier molecular flexibility index (Phi) is 6.51. The highest BCUT2D eigenvalue weighted by molar-refractivity contribution is 7.92. The molecular formula is C26H25N3O4S. The van der Waals surface area contributed by atoms with Gasteiger partial charge in [-0.1, -0.05) is 29.8 Å². The Hall–Kier alpha value is -3.91. The Morgan fingerprint density at radius 1 is 0.971 bits per heavy atom. The number of hydrogen-bond acceptors (Lipinski definition) is 5. The topological polar surface area (TPSA) is 90.3 Å². The molecule has 0 aliphatic rings. The summed E-state index contributed by atoms with van der Waals surface area (Å²) >= 11 is 0. The number of carbonyl (C=O) groups is 1. The van der Waals surface area contributed by atoms with Crippen LogP contribution in [0.4, 0.5) is 5.69 Å². The predicted molar refractivity (Wildman–Crippen MR) is 132 cm³/mol. The third-order valence-electron chi connectivity index (χ3n) is 5.27. The van der Waals surface area contributed by atoms with Crippen LogP contribution in [0, 0.1) is 13.8 Å². The second-order valence-corrected chi connectivity index (χ2v) is 9.90. The van der Waals surface area contributed by atoms with E-state index in [9.17, 15) is 13.2 Å². The molecule has 0 radical (unpaired) electrons. The van der Waals surface area contributed by atoms with Gasteiger partial charge in [0.1, 0.15) is 11.5 Å². The van der Waals surface area contributed by atoms with Gasteiger partial charge in [-0.25, -0.2) is 13.4 Å². The van der Waals surface area contributed by atoms with Gasteiger partial charge in [0.15, 0.2) is 0 Å². The highest BCUT2D eigenvalue weighted by atomic mass is 32.2. The number of nitrogens with zero attached hydrogens (tertiary/aromatic N) is 2. The molecule has 0 atom stereocenters. The molecule has 0 fully saturated rings. The normalized spacial score (nSPS) is 11.3. The predicted octanol–water partition coefficient (Wildman–Crippen LogP) is 4.58. The van der Waals surface area contributed by atoms with Gasteiger partial charge in [-0.05, 0) is 67.9 Å². The maximum Gasteiger partial charge on any atom is 0.240 e. The van der Waals surface area contributed by atoms with Crippen molar-refractivity contribution in [1.29, 1.82) is 0 Å². The third-order valence-corrected chi connectivity index (χ3v) is 6.76. The summed E-state index contributed by atoms with van der Waals surface area (Å²) in [6, 6.07) is 21.8. The number of aryl methyl sites for hydroxylation is 2. The number of carbonyl (C=O) groups excluding carboxylic acids is 1. The van der Waals surface area contributed by atoms with Crippen LogP contribution in [0.25, 0.3) is 16.9 Å². The maximum absolute atomic E-state index is 13.3. The fraction of sp³-hybridized carbons (Fsp3) is 0.154. The highest BCUT2D eigenvalue weighted by Gasteiger charge is 2.27. The van der Waals surface area contributed by atoms with E-state index in [1.165, 1.54) is 4.57 Å². The molecule has 0 bridgehead atoms. The lowest BCUT2D eigenvalue weighted by atomic mass is 10.1. The number of benzene rings is 3. The molecule has 0 aliphatic heterocycles. The molecule has 0 unspecified atom stereocenters. The van der Waals surface area contributed by atoms with Crippen molar-refractivity contribution >= 4 is 21.4 Å². The molecule has 0 spiro atoms. The van der Waals surface area contributed by atoms with Crippen LogP contribution in [-0.4, -0.2) is 36.7 Å². The molecule has 7 nitrogen and oxygen atoms in total. The van der Waals surface area contributed by atoms with Crippen LogP contribution >= 0.6 is 0 Å². The van der Waals surface area contributed by atoms with E-state index >= 15 is 0 Å². The van der Waals surface area contributed by atoms with E-state index in [0.717, 1.165) is 16.7 Å². The van der Waals surface area contributed by atoms with Gasteiger partial charge in [0.2, 0.25) is 20.9 Å². The number of rotatable bonds is 7. The zero-order valence-corrected chi connectivity index (χ0v) is 20.0. The van der Waals surface area contributed by atoms with Gasteiger partial charge in [0.05, 0.1) is 12.8 Å². The minimum atomic E-state index is -4.06. The first-order valence-corrected chi connectivity index (χ1v) is 12.3. The second-order valence-electron chi connectivity index (χ2n) is 8.02. The van der Waals surface area contributed by atoms with Crippen molar-refractivity contribution in [3.05, 3.63) is 90.1 Å². The Balaban J connectivity index is 1.71. The molecule has 0 aliphatic carbocycles. The maximum atomic E-state index is 13.3. The Morgan fingerprint density at radius 2 is 1.68 bits per heavy atom. The minimum absolute atomic E-state index is 0.193. The Bertz CT molecular complexity index is 1420. The van der Waals surface area contributed by atoms with E-state index in [1.807, 2.05) is 56.3 Å². The van der Waals surface area contributed by atoms with Crippen molar-refractivity contribution in [2.75, 3.05) is 18.2 Å². The lowest BCUT2D eigenvalue weighted by Crippen LogP contribution is -2.25. The van der Waals surface area contributed by atoms with E-state index in [0.29, 0.717) is 22.8 Å². The first-order chi connectivity index (χ1) is 16.2. The summed E-state index contributed by atoms with van der Waals surface area (Å²) in [4.78, 5) is 17.0. The fourth-order valence-corrected chi connectivity index (χ4v) is 4.77. The number of methoxy groups -OCH3 is 1. The minimum Gasteiger partial charge on any atom is -0.497 e. The summed E-state index contributed by atoms with van der Waals surface area (Å²) in [6.45, 7) is 3.85. The Morgan fingerprint density at radius 3 is 2.32 bits per heavy atom. The lowest BCUT2D eigenvalue weighted by Gasteiger charge is -2.10. The summed E-state index contributed by atoms with van der Waals surface area (Å²) in [5.41, 5.74) is 4.38. The van der Waals surface area contributed by atoms with Gasteiger partial charge in [-0.15, -0.1) is 0 Å². The molecule has 4 rings (SSSR count). The molecule has 1 amide bonds. The first kappa shape index (κ1) is 23.3. The van der Waals surface area contributed by atoms with Crippen molar-refractivity contribution in [2.45, 2.75) is 19.0 Å². The molecule has 1 N–H and O–H groups in total. The first-order valence-electron chi connectivity index (χ1n) is 10.7. The highest BCUT2D eigenvalue weighted by Crippen LogP contribution is 2.26. The molecule has 0 saturated carbocycles. The standard InChI is InChI=1S/C26H25N3O4S/c1-18-7-11-22(12-8-18)29-16-24(20-9-13-23(33-3)14-10-20)28-26(29)34(31,32)17-25(30)27-21-6-4-5-19(2)15-21/h4-16H,17H2,1-3H3,(H,27,30). The van der Waals surface area contributed by atoms with E-state index in [4.69, 9.17) is 4.74 Å². The van der Waals surface area contributed by atoms with Crippen molar-refractivity contribution in [1.82, 2.24) is 9.55 Å². The van der Waals surface area contributed by atoms with Crippen LogP contribution in [0.2, 0.25) is 0 Å². The zero-order chi connectivity index (χ0) is 24.3. The molecule has 1 heterocycles. The third kappa shape index (κ3) is 5.18. The Labute approximate surface area is 199 Å². The number of anilines is 1. The lowest BCUT2D eigenvalue weighted by molar-refractivity contribution is -0.113. The number of sulfone groups is 1. The van der Waals surface area contributed by atoms with Crippen molar-refractivity contribution in [3.8, 4) is 22.7 Å². The van der Waals surface area contributed by atoms with Gasteiger partial charge < -0.3 is 10.1 Å². The van der Waals surface area contributed by atoms with Crippen LogP contribution in [0.3, 0.4) is 0 Å².